The molecule has 0 saturated heterocycles. The molecule has 1 rings (SSSR count). The highest BCUT2D eigenvalue weighted by Crippen LogP contribution is 2.07. The van der Waals surface area contributed by atoms with Crippen LogP contribution in [0.15, 0.2) is 12.4 Å². The molecular weight excluding hydrogens is 242 g/mol. The van der Waals surface area contributed by atoms with Crippen molar-refractivity contribution >= 4 is 11.8 Å². The van der Waals surface area contributed by atoms with Crippen molar-refractivity contribution in [1.82, 2.24) is 9.97 Å². The summed E-state index contributed by atoms with van der Waals surface area (Å²) < 4.78 is 4.59. The minimum Gasteiger partial charge on any atom is -0.469 e. The summed E-state index contributed by atoms with van der Waals surface area (Å²) in [6.45, 7) is 3.00. The number of anilines is 1. The maximum atomic E-state index is 10.9. The first kappa shape index (κ1) is 15.4. The van der Waals surface area contributed by atoms with Gasteiger partial charge in [0.2, 0.25) is 0 Å². The van der Waals surface area contributed by atoms with Gasteiger partial charge in [-0.25, -0.2) is 9.97 Å². The van der Waals surface area contributed by atoms with E-state index in [0.29, 0.717) is 6.42 Å². The zero-order valence-corrected chi connectivity index (χ0v) is 11.8. The van der Waals surface area contributed by atoms with Crippen LogP contribution in [0.3, 0.4) is 0 Å². The molecule has 1 aromatic rings. The van der Waals surface area contributed by atoms with E-state index in [1.807, 2.05) is 6.07 Å². The van der Waals surface area contributed by atoms with Crippen molar-refractivity contribution in [3.05, 3.63) is 18.1 Å². The minimum atomic E-state index is -0.132. The number of carbonyl (C=O) groups is 1. The van der Waals surface area contributed by atoms with Crippen LogP contribution in [-0.2, 0) is 16.0 Å². The SMILES string of the molecule is CCCc1cc(NCCCCCC(=O)OC)ncn1. The molecule has 0 unspecified atom stereocenters. The number of nitrogens with one attached hydrogen (secondary N) is 1. The summed E-state index contributed by atoms with van der Waals surface area (Å²) in [4.78, 5) is 19.3. The van der Waals surface area contributed by atoms with Crippen LogP contribution in [0.2, 0.25) is 0 Å². The second kappa shape index (κ2) is 9.30. The fraction of sp³-hybridized carbons (Fsp3) is 0.643. The molecule has 19 heavy (non-hydrogen) atoms. The Morgan fingerprint density at radius 1 is 1.32 bits per heavy atom. The van der Waals surface area contributed by atoms with Crippen LogP contribution >= 0.6 is 0 Å². The maximum absolute atomic E-state index is 10.9. The van der Waals surface area contributed by atoms with E-state index >= 15 is 0 Å². The summed E-state index contributed by atoms with van der Waals surface area (Å²) in [7, 11) is 1.42. The standard InChI is InChI=1S/C14H23N3O2/c1-3-7-12-10-13(17-11-16-12)15-9-6-4-5-8-14(18)19-2/h10-11H,3-9H2,1-2H3,(H,15,16,17). The average Bonchev–Trinajstić information content (AvgIpc) is 2.43. The summed E-state index contributed by atoms with van der Waals surface area (Å²) in [5, 5.41) is 3.28. The van der Waals surface area contributed by atoms with E-state index in [1.54, 1.807) is 6.33 Å². The summed E-state index contributed by atoms with van der Waals surface area (Å²) in [6.07, 6.45) is 7.08. The molecule has 0 spiro atoms. The Bertz CT molecular complexity index is 383. The lowest BCUT2D eigenvalue weighted by Gasteiger charge is -2.06. The van der Waals surface area contributed by atoms with Gasteiger partial charge in [0.25, 0.3) is 0 Å². The van der Waals surface area contributed by atoms with Crippen LogP contribution in [0.4, 0.5) is 5.82 Å². The number of hydrogen-bond acceptors (Lipinski definition) is 5. The molecule has 0 fully saturated rings. The third-order valence-electron chi connectivity index (χ3n) is 2.82. The van der Waals surface area contributed by atoms with E-state index in [1.165, 1.54) is 7.11 Å². The van der Waals surface area contributed by atoms with Gasteiger partial charge in [-0.15, -0.1) is 0 Å². The van der Waals surface area contributed by atoms with Gasteiger partial charge in [0.05, 0.1) is 7.11 Å². The third-order valence-corrected chi connectivity index (χ3v) is 2.82. The molecule has 0 saturated carbocycles. The number of rotatable bonds is 9. The van der Waals surface area contributed by atoms with E-state index in [9.17, 15) is 4.79 Å². The van der Waals surface area contributed by atoms with Crippen LogP contribution in [0.1, 0.15) is 44.7 Å². The molecule has 1 aromatic heterocycles. The van der Waals surface area contributed by atoms with Gasteiger partial charge in [0.1, 0.15) is 12.1 Å². The summed E-state index contributed by atoms with van der Waals surface area (Å²) >= 11 is 0. The van der Waals surface area contributed by atoms with E-state index in [0.717, 1.165) is 50.2 Å². The van der Waals surface area contributed by atoms with Gasteiger partial charge < -0.3 is 10.1 Å². The zero-order chi connectivity index (χ0) is 13.9. The molecule has 1 heterocycles. The summed E-state index contributed by atoms with van der Waals surface area (Å²) in [5.41, 5.74) is 1.07. The van der Waals surface area contributed by atoms with Gasteiger partial charge in [-0.05, 0) is 19.3 Å². The molecule has 0 aliphatic rings. The highest BCUT2D eigenvalue weighted by atomic mass is 16.5. The fourth-order valence-electron chi connectivity index (χ4n) is 1.78. The average molecular weight is 265 g/mol. The summed E-state index contributed by atoms with van der Waals surface area (Å²) in [6, 6.07) is 2.00. The first-order chi connectivity index (χ1) is 9.26. The van der Waals surface area contributed by atoms with Gasteiger partial charge in [0, 0.05) is 24.7 Å². The van der Waals surface area contributed by atoms with Crippen molar-refractivity contribution in [2.45, 2.75) is 45.4 Å². The quantitative estimate of drug-likeness (QED) is 0.549. The summed E-state index contributed by atoms with van der Waals surface area (Å²) in [5.74, 6) is 0.749. The highest BCUT2D eigenvalue weighted by Gasteiger charge is 2.00. The lowest BCUT2D eigenvalue weighted by Crippen LogP contribution is -2.05. The maximum Gasteiger partial charge on any atom is 0.305 e. The lowest BCUT2D eigenvalue weighted by atomic mass is 10.2. The number of ether oxygens (including phenoxy) is 1. The Morgan fingerprint density at radius 2 is 2.16 bits per heavy atom. The van der Waals surface area contributed by atoms with E-state index in [4.69, 9.17) is 0 Å². The van der Waals surface area contributed by atoms with Crippen molar-refractivity contribution in [3.8, 4) is 0 Å². The van der Waals surface area contributed by atoms with Crippen molar-refractivity contribution in [2.75, 3.05) is 19.0 Å². The predicted molar refractivity (Wildman–Crippen MR) is 75.0 cm³/mol. The smallest absolute Gasteiger partial charge is 0.305 e. The van der Waals surface area contributed by atoms with Gasteiger partial charge in [-0.1, -0.05) is 19.8 Å². The van der Waals surface area contributed by atoms with Crippen molar-refractivity contribution < 1.29 is 9.53 Å². The number of hydrogen-bond donors (Lipinski definition) is 1. The molecule has 0 amide bonds. The van der Waals surface area contributed by atoms with E-state index < -0.39 is 0 Å². The number of aromatic nitrogens is 2. The van der Waals surface area contributed by atoms with Gasteiger partial charge in [-0.3, -0.25) is 4.79 Å². The van der Waals surface area contributed by atoms with E-state index in [-0.39, 0.29) is 5.97 Å². The second-order valence-electron chi connectivity index (χ2n) is 4.46. The van der Waals surface area contributed by atoms with Crippen LogP contribution in [0.5, 0.6) is 0 Å². The van der Waals surface area contributed by atoms with Gasteiger partial charge in [-0.2, -0.15) is 0 Å². The Morgan fingerprint density at radius 3 is 2.89 bits per heavy atom. The fourth-order valence-corrected chi connectivity index (χ4v) is 1.78. The van der Waals surface area contributed by atoms with Gasteiger partial charge >= 0.3 is 5.97 Å². The first-order valence-corrected chi connectivity index (χ1v) is 6.88. The monoisotopic (exact) mass is 265 g/mol. The van der Waals surface area contributed by atoms with Crippen LogP contribution in [0.25, 0.3) is 0 Å². The normalized spacial score (nSPS) is 10.2. The highest BCUT2D eigenvalue weighted by molar-refractivity contribution is 5.68. The molecular formula is C14H23N3O2. The molecule has 5 nitrogen and oxygen atoms in total. The largest absolute Gasteiger partial charge is 0.469 e. The van der Waals surface area contributed by atoms with Crippen molar-refractivity contribution in [1.29, 1.82) is 0 Å². The predicted octanol–water partition coefficient (Wildman–Crippen LogP) is 2.57. The number of esters is 1. The molecule has 0 radical (unpaired) electrons. The molecule has 0 bridgehead atoms. The number of methoxy groups -OCH3 is 1. The van der Waals surface area contributed by atoms with Crippen LogP contribution in [0, 0.1) is 0 Å². The number of unbranched alkanes of at least 4 members (excludes halogenated alkanes) is 2. The third kappa shape index (κ3) is 6.74. The number of nitrogens with zero attached hydrogens (tertiary/aromatic N) is 2. The van der Waals surface area contributed by atoms with Crippen molar-refractivity contribution in [3.63, 3.8) is 0 Å². The number of carbonyl (C=O) groups excluding carboxylic acids is 1. The molecule has 5 heteroatoms. The van der Waals surface area contributed by atoms with Crippen LogP contribution < -0.4 is 5.32 Å². The molecule has 0 aliphatic carbocycles. The van der Waals surface area contributed by atoms with Gasteiger partial charge in [0.15, 0.2) is 0 Å². The Hall–Kier alpha value is -1.65. The second-order valence-corrected chi connectivity index (χ2v) is 4.46. The molecule has 0 atom stereocenters. The van der Waals surface area contributed by atoms with Crippen molar-refractivity contribution in [2.24, 2.45) is 0 Å². The molecule has 106 valence electrons. The molecule has 1 N–H and O–H groups in total. The Kier molecular flexibility index (Phi) is 7.54. The topological polar surface area (TPSA) is 64.1 Å². The molecule has 0 aliphatic heterocycles. The molecule has 0 aromatic carbocycles. The van der Waals surface area contributed by atoms with Crippen LogP contribution in [-0.4, -0.2) is 29.6 Å². The Labute approximate surface area is 114 Å². The Balaban J connectivity index is 2.15. The number of aryl methyl sites for hydroxylation is 1. The first-order valence-electron chi connectivity index (χ1n) is 6.88. The van der Waals surface area contributed by atoms with E-state index in [2.05, 4.69) is 26.9 Å². The zero-order valence-electron chi connectivity index (χ0n) is 11.8. The minimum absolute atomic E-state index is 0.132. The lowest BCUT2D eigenvalue weighted by molar-refractivity contribution is -0.140.